The molecule has 0 fully saturated rings. The third-order valence-electron chi connectivity index (χ3n) is 3.37. The lowest BCUT2D eigenvalue weighted by Gasteiger charge is -2.13. The number of benzene rings is 2. The van der Waals surface area contributed by atoms with Gasteiger partial charge in [0.05, 0.1) is 18.8 Å². The number of para-hydroxylation sites is 1. The van der Waals surface area contributed by atoms with E-state index in [-0.39, 0.29) is 12.6 Å². The van der Waals surface area contributed by atoms with Gasteiger partial charge in [-0.15, -0.1) is 0 Å². The van der Waals surface area contributed by atoms with E-state index in [9.17, 15) is 4.79 Å². The second-order valence-electron chi connectivity index (χ2n) is 5.48. The fourth-order valence-corrected chi connectivity index (χ4v) is 2.21. The first kappa shape index (κ1) is 18.2. The van der Waals surface area contributed by atoms with Crippen molar-refractivity contribution in [2.75, 3.05) is 37.5 Å². The largest absolute Gasteiger partial charge is 0.494 e. The quantitative estimate of drug-likeness (QED) is 0.823. The van der Waals surface area contributed by atoms with Crippen LogP contribution in [-0.2, 0) is 0 Å². The van der Waals surface area contributed by atoms with Crippen LogP contribution in [0.3, 0.4) is 0 Å². The fraction of sp³-hybridized carbons (Fsp3) is 0.250. The number of amides is 2. The standard InChI is InChI=1S/C20H23N3O2/c1-4-25-18-13-11-17(12-14-18)22-20(24)21-15-7-9-16-8-5-6-10-19(16)23(2)3/h5-6,8,10-14H,4,15H2,1-3H3,(H2,21,22,24). The van der Waals surface area contributed by atoms with Gasteiger partial charge in [0.1, 0.15) is 5.75 Å². The van der Waals surface area contributed by atoms with Gasteiger partial charge < -0.3 is 20.3 Å². The van der Waals surface area contributed by atoms with Gasteiger partial charge in [0.25, 0.3) is 0 Å². The Balaban J connectivity index is 1.85. The van der Waals surface area contributed by atoms with Crippen LogP contribution in [0.5, 0.6) is 5.75 Å². The van der Waals surface area contributed by atoms with Crippen molar-refractivity contribution < 1.29 is 9.53 Å². The van der Waals surface area contributed by atoms with E-state index in [0.29, 0.717) is 12.3 Å². The zero-order chi connectivity index (χ0) is 18.1. The molecular weight excluding hydrogens is 314 g/mol. The van der Waals surface area contributed by atoms with Crippen molar-refractivity contribution >= 4 is 17.4 Å². The van der Waals surface area contributed by atoms with Crippen molar-refractivity contribution in [2.45, 2.75) is 6.92 Å². The number of nitrogens with zero attached hydrogens (tertiary/aromatic N) is 1. The first-order valence-corrected chi connectivity index (χ1v) is 8.13. The predicted molar refractivity (Wildman–Crippen MR) is 102 cm³/mol. The highest BCUT2D eigenvalue weighted by Crippen LogP contribution is 2.16. The summed E-state index contributed by atoms with van der Waals surface area (Å²) in [7, 11) is 3.95. The lowest BCUT2D eigenvalue weighted by atomic mass is 10.1. The van der Waals surface area contributed by atoms with Crippen LogP contribution in [0.25, 0.3) is 0 Å². The van der Waals surface area contributed by atoms with E-state index in [1.165, 1.54) is 0 Å². The molecule has 5 nitrogen and oxygen atoms in total. The van der Waals surface area contributed by atoms with Gasteiger partial charge in [-0.3, -0.25) is 0 Å². The molecule has 0 aliphatic carbocycles. The maximum atomic E-state index is 11.9. The Morgan fingerprint density at radius 3 is 2.52 bits per heavy atom. The molecule has 0 atom stereocenters. The van der Waals surface area contributed by atoms with E-state index in [1.807, 2.05) is 62.3 Å². The van der Waals surface area contributed by atoms with Crippen molar-refractivity contribution in [1.29, 1.82) is 0 Å². The molecule has 0 saturated heterocycles. The van der Waals surface area contributed by atoms with Crippen LogP contribution in [0.15, 0.2) is 48.5 Å². The van der Waals surface area contributed by atoms with Gasteiger partial charge in [-0.05, 0) is 43.3 Å². The third kappa shape index (κ3) is 5.78. The van der Waals surface area contributed by atoms with Crippen molar-refractivity contribution in [3.05, 3.63) is 54.1 Å². The second kappa shape index (κ2) is 9.24. The van der Waals surface area contributed by atoms with Crippen LogP contribution in [0.2, 0.25) is 0 Å². The van der Waals surface area contributed by atoms with Crippen LogP contribution < -0.4 is 20.3 Å². The average molecular weight is 337 g/mol. The smallest absolute Gasteiger partial charge is 0.319 e. The summed E-state index contributed by atoms with van der Waals surface area (Å²) >= 11 is 0. The van der Waals surface area contributed by atoms with Crippen LogP contribution in [0, 0.1) is 11.8 Å². The van der Waals surface area contributed by atoms with Crippen molar-refractivity contribution in [2.24, 2.45) is 0 Å². The lowest BCUT2D eigenvalue weighted by molar-refractivity contribution is 0.253. The van der Waals surface area contributed by atoms with E-state index in [2.05, 4.69) is 22.5 Å². The Hall–Kier alpha value is -3.13. The number of hydrogen-bond donors (Lipinski definition) is 2. The minimum atomic E-state index is -0.292. The first-order chi connectivity index (χ1) is 12.1. The molecule has 0 spiro atoms. The molecule has 2 aromatic rings. The summed E-state index contributed by atoms with van der Waals surface area (Å²) in [5.74, 6) is 6.83. The van der Waals surface area contributed by atoms with Crippen LogP contribution in [0.1, 0.15) is 12.5 Å². The zero-order valence-electron chi connectivity index (χ0n) is 14.8. The van der Waals surface area contributed by atoms with Crippen molar-refractivity contribution in [3.8, 4) is 17.6 Å². The molecule has 2 rings (SSSR count). The van der Waals surface area contributed by atoms with E-state index in [4.69, 9.17) is 4.74 Å². The Labute approximate surface area is 149 Å². The predicted octanol–water partition coefficient (Wildman–Crippen LogP) is 3.32. The molecule has 0 aliphatic rings. The second-order valence-corrected chi connectivity index (χ2v) is 5.48. The van der Waals surface area contributed by atoms with Gasteiger partial charge in [0.2, 0.25) is 0 Å². The van der Waals surface area contributed by atoms with Crippen molar-refractivity contribution in [3.63, 3.8) is 0 Å². The molecule has 0 aromatic heterocycles. The molecule has 0 unspecified atom stereocenters. The third-order valence-corrected chi connectivity index (χ3v) is 3.37. The van der Waals surface area contributed by atoms with Gasteiger partial charge in [-0.1, -0.05) is 24.0 Å². The Bertz CT molecular complexity index is 759. The SMILES string of the molecule is CCOc1ccc(NC(=O)NCC#Cc2ccccc2N(C)C)cc1. The molecule has 2 amide bonds. The molecule has 130 valence electrons. The number of ether oxygens (including phenoxy) is 1. The summed E-state index contributed by atoms with van der Waals surface area (Å²) in [6.45, 7) is 2.81. The molecule has 0 heterocycles. The summed E-state index contributed by atoms with van der Waals surface area (Å²) in [6, 6.07) is 14.8. The molecule has 0 aliphatic heterocycles. The van der Waals surface area contributed by atoms with E-state index < -0.39 is 0 Å². The van der Waals surface area contributed by atoms with Gasteiger partial charge in [0.15, 0.2) is 0 Å². The Morgan fingerprint density at radius 1 is 1.12 bits per heavy atom. The molecular formula is C20H23N3O2. The first-order valence-electron chi connectivity index (χ1n) is 8.13. The van der Waals surface area contributed by atoms with Crippen LogP contribution in [-0.4, -0.2) is 33.3 Å². The lowest BCUT2D eigenvalue weighted by Crippen LogP contribution is -2.28. The topological polar surface area (TPSA) is 53.6 Å². The summed E-state index contributed by atoms with van der Waals surface area (Å²) < 4.78 is 5.36. The highest BCUT2D eigenvalue weighted by atomic mass is 16.5. The summed E-state index contributed by atoms with van der Waals surface area (Å²) in [6.07, 6.45) is 0. The average Bonchev–Trinajstić information content (AvgIpc) is 2.61. The van der Waals surface area contributed by atoms with E-state index in [0.717, 1.165) is 17.0 Å². The number of urea groups is 1. The van der Waals surface area contributed by atoms with E-state index in [1.54, 1.807) is 12.1 Å². The fourth-order valence-electron chi connectivity index (χ4n) is 2.21. The minimum Gasteiger partial charge on any atom is -0.494 e. The molecule has 0 bridgehead atoms. The molecule has 0 saturated carbocycles. The number of carbonyl (C=O) groups is 1. The molecule has 5 heteroatoms. The molecule has 2 N–H and O–H groups in total. The number of carbonyl (C=O) groups excluding carboxylic acids is 1. The maximum absolute atomic E-state index is 11.9. The minimum absolute atomic E-state index is 0.268. The monoisotopic (exact) mass is 337 g/mol. The number of anilines is 2. The van der Waals surface area contributed by atoms with Gasteiger partial charge >= 0.3 is 6.03 Å². The summed E-state index contributed by atoms with van der Waals surface area (Å²) in [5, 5.41) is 5.48. The van der Waals surface area contributed by atoms with Crippen LogP contribution >= 0.6 is 0 Å². The zero-order valence-corrected chi connectivity index (χ0v) is 14.8. The normalized spacial score (nSPS) is 9.56. The van der Waals surface area contributed by atoms with Crippen molar-refractivity contribution in [1.82, 2.24) is 5.32 Å². The summed E-state index contributed by atoms with van der Waals surface area (Å²) in [4.78, 5) is 13.9. The molecule has 25 heavy (non-hydrogen) atoms. The Morgan fingerprint density at radius 2 is 1.84 bits per heavy atom. The number of hydrogen-bond acceptors (Lipinski definition) is 3. The van der Waals surface area contributed by atoms with Gasteiger partial charge in [-0.2, -0.15) is 0 Å². The van der Waals surface area contributed by atoms with Gasteiger partial charge in [-0.25, -0.2) is 4.79 Å². The number of rotatable bonds is 5. The maximum Gasteiger partial charge on any atom is 0.319 e. The molecule has 2 aromatic carbocycles. The van der Waals surface area contributed by atoms with E-state index >= 15 is 0 Å². The highest BCUT2D eigenvalue weighted by molar-refractivity contribution is 5.89. The Kier molecular flexibility index (Phi) is 6.73. The van der Waals surface area contributed by atoms with Crippen LogP contribution in [0.4, 0.5) is 16.2 Å². The number of nitrogens with one attached hydrogen (secondary N) is 2. The highest BCUT2D eigenvalue weighted by Gasteiger charge is 2.01. The molecule has 0 radical (unpaired) electrons. The van der Waals surface area contributed by atoms with Gasteiger partial charge in [0, 0.05) is 25.3 Å². The summed E-state index contributed by atoms with van der Waals surface area (Å²) in [5.41, 5.74) is 2.68.